The molecule has 2 rings (SSSR count). The Morgan fingerprint density at radius 3 is 2.60 bits per heavy atom. The molecule has 0 radical (unpaired) electrons. The largest absolute Gasteiger partial charge is 0.508 e. The van der Waals surface area contributed by atoms with Crippen LogP contribution >= 0.6 is 0 Å². The van der Waals surface area contributed by atoms with Crippen LogP contribution in [0.15, 0.2) is 24.3 Å². The first-order valence-electron chi connectivity index (χ1n) is 4.42. The van der Waals surface area contributed by atoms with E-state index in [2.05, 4.69) is 5.32 Å². The Kier molecular flexibility index (Phi) is 2.19. The topological polar surface area (TPSA) is 32.3 Å². The number of hydrogen-bond donors (Lipinski definition) is 2. The van der Waals surface area contributed by atoms with E-state index in [-0.39, 0.29) is 16.8 Å². The predicted molar refractivity (Wildman–Crippen MR) is 55.1 cm³/mol. The molecule has 0 spiro atoms. The molecule has 0 atom stereocenters. The maximum Gasteiger partial charge on any atom is 0.157 e. The van der Waals surface area contributed by atoms with E-state index in [0.717, 1.165) is 0 Å². The molecule has 2 N–H and O–H groups in total. The Balaban J connectivity index is 2.84. The minimum Gasteiger partial charge on any atom is -0.508 e. The minimum absolute atomic E-state index is 0.0153. The zero-order valence-corrected chi connectivity index (χ0v) is 8.01. The van der Waals surface area contributed by atoms with Gasteiger partial charge in [0.1, 0.15) is 17.3 Å². The second-order valence-electron chi connectivity index (χ2n) is 3.20. The molecule has 0 saturated heterocycles. The first kappa shape index (κ1) is 9.71. The second-order valence-corrected chi connectivity index (χ2v) is 3.20. The lowest BCUT2D eigenvalue weighted by molar-refractivity contribution is 0.476. The molecule has 0 bridgehead atoms. The molecular formula is C11H9F2NO. The summed E-state index contributed by atoms with van der Waals surface area (Å²) < 4.78 is 27.0. The van der Waals surface area contributed by atoms with Crippen LogP contribution in [0.25, 0.3) is 10.8 Å². The maximum atomic E-state index is 13.7. The Morgan fingerprint density at radius 2 is 1.93 bits per heavy atom. The molecule has 2 aromatic rings. The van der Waals surface area contributed by atoms with Crippen molar-refractivity contribution in [2.75, 3.05) is 12.4 Å². The third-order valence-electron chi connectivity index (χ3n) is 2.26. The number of benzene rings is 2. The molecule has 0 amide bonds. The number of nitrogens with one attached hydrogen (secondary N) is 1. The van der Waals surface area contributed by atoms with Gasteiger partial charge < -0.3 is 10.4 Å². The highest BCUT2D eigenvalue weighted by molar-refractivity contribution is 5.88. The normalized spacial score (nSPS) is 10.6. The molecule has 2 nitrogen and oxygen atoms in total. The molecule has 0 aromatic heterocycles. The van der Waals surface area contributed by atoms with Crippen molar-refractivity contribution in [3.8, 4) is 5.75 Å². The van der Waals surface area contributed by atoms with Gasteiger partial charge in [-0.15, -0.1) is 0 Å². The van der Waals surface area contributed by atoms with Crippen molar-refractivity contribution in [3.05, 3.63) is 35.9 Å². The van der Waals surface area contributed by atoms with E-state index >= 15 is 0 Å². The van der Waals surface area contributed by atoms with Gasteiger partial charge in [0, 0.05) is 12.4 Å². The van der Waals surface area contributed by atoms with E-state index in [1.807, 2.05) is 0 Å². The summed E-state index contributed by atoms with van der Waals surface area (Å²) in [4.78, 5) is 0. The van der Waals surface area contributed by atoms with E-state index in [1.54, 1.807) is 0 Å². The Bertz CT molecular complexity index is 525. The lowest BCUT2D eigenvalue weighted by atomic mass is 10.1. The number of halogens is 2. The Morgan fingerprint density at radius 1 is 1.20 bits per heavy atom. The van der Waals surface area contributed by atoms with Crippen LogP contribution in [-0.4, -0.2) is 12.2 Å². The lowest BCUT2D eigenvalue weighted by Gasteiger charge is -2.07. The van der Waals surface area contributed by atoms with Crippen LogP contribution in [0.1, 0.15) is 0 Å². The first-order chi connectivity index (χ1) is 7.13. The highest BCUT2D eigenvalue weighted by Gasteiger charge is 2.12. The molecule has 15 heavy (non-hydrogen) atoms. The van der Waals surface area contributed by atoms with Gasteiger partial charge in [-0.05, 0) is 29.7 Å². The molecule has 0 saturated carbocycles. The first-order valence-corrected chi connectivity index (χ1v) is 4.42. The smallest absolute Gasteiger partial charge is 0.157 e. The number of fused-ring (bicyclic) bond motifs is 1. The zero-order valence-electron chi connectivity index (χ0n) is 8.01. The van der Waals surface area contributed by atoms with Gasteiger partial charge in [-0.1, -0.05) is 0 Å². The number of phenols is 1. The fraction of sp³-hybridized carbons (Fsp3) is 0.0909. The van der Waals surface area contributed by atoms with E-state index in [0.29, 0.717) is 5.39 Å². The molecule has 2 aromatic carbocycles. The molecule has 0 heterocycles. The highest BCUT2D eigenvalue weighted by atomic mass is 19.1. The van der Waals surface area contributed by atoms with Gasteiger partial charge in [0.15, 0.2) is 5.82 Å². The van der Waals surface area contributed by atoms with Gasteiger partial charge in [-0.25, -0.2) is 8.78 Å². The molecular weight excluding hydrogens is 200 g/mol. The van der Waals surface area contributed by atoms with E-state index in [1.165, 1.54) is 31.3 Å². The number of rotatable bonds is 1. The average molecular weight is 209 g/mol. The van der Waals surface area contributed by atoms with Crippen molar-refractivity contribution in [2.45, 2.75) is 0 Å². The van der Waals surface area contributed by atoms with Crippen LogP contribution in [0.5, 0.6) is 5.75 Å². The lowest BCUT2D eigenvalue weighted by Crippen LogP contribution is -1.97. The summed E-state index contributed by atoms with van der Waals surface area (Å²) in [6.07, 6.45) is 0. The third kappa shape index (κ3) is 1.48. The SMILES string of the molecule is CNc1c(F)cc2cc(O)ccc2c1F. The molecule has 0 aliphatic heterocycles. The highest BCUT2D eigenvalue weighted by Crippen LogP contribution is 2.29. The van der Waals surface area contributed by atoms with Crippen molar-refractivity contribution < 1.29 is 13.9 Å². The second kappa shape index (κ2) is 3.38. The van der Waals surface area contributed by atoms with Gasteiger partial charge in [-0.3, -0.25) is 0 Å². The summed E-state index contributed by atoms with van der Waals surface area (Å²) >= 11 is 0. The summed E-state index contributed by atoms with van der Waals surface area (Å²) in [6.45, 7) is 0. The zero-order chi connectivity index (χ0) is 11.0. The van der Waals surface area contributed by atoms with E-state index < -0.39 is 11.6 Å². The van der Waals surface area contributed by atoms with Crippen LogP contribution in [0, 0.1) is 11.6 Å². The van der Waals surface area contributed by atoms with Gasteiger partial charge in [-0.2, -0.15) is 0 Å². The monoisotopic (exact) mass is 209 g/mol. The van der Waals surface area contributed by atoms with Gasteiger partial charge in [0.05, 0.1) is 0 Å². The maximum absolute atomic E-state index is 13.7. The molecule has 0 aliphatic carbocycles. The van der Waals surface area contributed by atoms with Crippen LogP contribution in [-0.2, 0) is 0 Å². The van der Waals surface area contributed by atoms with Crippen LogP contribution in [0.4, 0.5) is 14.5 Å². The molecule has 4 heteroatoms. The van der Waals surface area contributed by atoms with Crippen LogP contribution in [0.3, 0.4) is 0 Å². The fourth-order valence-electron chi connectivity index (χ4n) is 1.55. The van der Waals surface area contributed by atoms with Crippen molar-refractivity contribution >= 4 is 16.5 Å². The summed E-state index contributed by atoms with van der Waals surface area (Å²) in [6, 6.07) is 5.29. The number of hydrogen-bond acceptors (Lipinski definition) is 2. The van der Waals surface area contributed by atoms with Gasteiger partial charge >= 0.3 is 0 Å². The van der Waals surface area contributed by atoms with E-state index in [9.17, 15) is 13.9 Å². The van der Waals surface area contributed by atoms with E-state index in [4.69, 9.17) is 0 Å². The van der Waals surface area contributed by atoms with Crippen molar-refractivity contribution in [1.29, 1.82) is 0 Å². The van der Waals surface area contributed by atoms with Gasteiger partial charge in [0.25, 0.3) is 0 Å². The van der Waals surface area contributed by atoms with Gasteiger partial charge in [0.2, 0.25) is 0 Å². The van der Waals surface area contributed by atoms with Crippen LogP contribution < -0.4 is 5.32 Å². The van der Waals surface area contributed by atoms with Crippen molar-refractivity contribution in [1.82, 2.24) is 0 Å². The number of phenolic OH excluding ortho intramolecular Hbond substituents is 1. The average Bonchev–Trinajstić information content (AvgIpc) is 2.17. The molecule has 78 valence electrons. The summed E-state index contributed by atoms with van der Waals surface area (Å²) in [5.41, 5.74) is -0.159. The summed E-state index contributed by atoms with van der Waals surface area (Å²) in [5.74, 6) is -1.33. The van der Waals surface area contributed by atoms with Crippen molar-refractivity contribution in [3.63, 3.8) is 0 Å². The molecule has 0 unspecified atom stereocenters. The predicted octanol–water partition coefficient (Wildman–Crippen LogP) is 2.87. The number of anilines is 1. The Hall–Kier alpha value is -1.84. The quantitative estimate of drug-likeness (QED) is 0.756. The summed E-state index contributed by atoms with van der Waals surface area (Å²) in [7, 11) is 1.45. The number of aromatic hydroxyl groups is 1. The minimum atomic E-state index is -0.673. The molecule has 0 fully saturated rings. The fourth-order valence-corrected chi connectivity index (χ4v) is 1.55. The van der Waals surface area contributed by atoms with Crippen molar-refractivity contribution in [2.24, 2.45) is 0 Å². The van der Waals surface area contributed by atoms with Crippen LogP contribution in [0.2, 0.25) is 0 Å². The Labute approximate surface area is 85.2 Å². The standard InChI is InChI=1S/C11H9F2NO/c1-14-11-9(12)5-6-4-7(15)2-3-8(6)10(11)13/h2-5,14-15H,1H3. The molecule has 0 aliphatic rings. The third-order valence-corrected chi connectivity index (χ3v) is 2.26. The summed E-state index contributed by atoms with van der Waals surface area (Å²) in [5, 5.41) is 12.2.